The monoisotopic (exact) mass is 426 g/mol. The molecule has 0 aliphatic carbocycles. The first-order chi connectivity index (χ1) is 15.2. The molecule has 0 saturated carbocycles. The van der Waals surface area contributed by atoms with Gasteiger partial charge in [0.05, 0.1) is 16.6 Å². The molecule has 1 unspecified atom stereocenters. The summed E-state index contributed by atoms with van der Waals surface area (Å²) in [7, 11) is 0. The lowest BCUT2D eigenvalue weighted by Crippen LogP contribution is -2.37. The van der Waals surface area contributed by atoms with Crippen LogP contribution in [-0.4, -0.2) is 23.2 Å². The van der Waals surface area contributed by atoms with Gasteiger partial charge < -0.3 is 10.1 Å². The molecule has 1 aromatic heterocycles. The molecule has 0 aliphatic heterocycles. The molecular weight excluding hydrogens is 404 g/mol. The van der Waals surface area contributed by atoms with Crippen molar-refractivity contribution in [1.29, 1.82) is 0 Å². The summed E-state index contributed by atoms with van der Waals surface area (Å²) in [6, 6.07) is 28.7. The van der Waals surface area contributed by atoms with Crippen molar-refractivity contribution in [1.82, 2.24) is 10.3 Å². The molecule has 0 bridgehead atoms. The summed E-state index contributed by atoms with van der Waals surface area (Å²) in [5.41, 5.74) is 3.64. The molecule has 0 spiro atoms. The smallest absolute Gasteiger partial charge is 0.251 e. The van der Waals surface area contributed by atoms with E-state index < -0.39 is 6.04 Å². The van der Waals surface area contributed by atoms with E-state index in [0.717, 1.165) is 39.1 Å². The van der Waals surface area contributed by atoms with Gasteiger partial charge in [-0.15, -0.1) is 11.8 Å². The Morgan fingerprint density at radius 1 is 0.871 bits per heavy atom. The number of hydrogen-bond acceptors (Lipinski definition) is 4. The zero-order valence-corrected chi connectivity index (χ0v) is 17.7. The number of amides is 1. The third-order valence-corrected chi connectivity index (χ3v) is 5.96. The molecule has 1 heterocycles. The summed E-state index contributed by atoms with van der Waals surface area (Å²) >= 11 is 1.66. The number of carbonyl (C=O) groups excluding carboxylic acids is 2. The minimum atomic E-state index is -0.552. The van der Waals surface area contributed by atoms with Gasteiger partial charge in [-0.05, 0) is 41.8 Å². The van der Waals surface area contributed by atoms with E-state index in [1.807, 2.05) is 66.7 Å². The largest absolute Gasteiger partial charge is 0.342 e. The van der Waals surface area contributed by atoms with Crippen molar-refractivity contribution >= 4 is 34.9 Å². The number of fused-ring (bicyclic) bond motifs is 1. The van der Waals surface area contributed by atoms with E-state index in [1.54, 1.807) is 23.9 Å². The second-order valence-corrected chi connectivity index (χ2v) is 8.23. The Kier molecular flexibility index (Phi) is 6.75. The highest BCUT2D eigenvalue weighted by molar-refractivity contribution is 7.98. The Labute approximate surface area is 185 Å². The Bertz CT molecular complexity index is 1180. The molecule has 3 aromatic carbocycles. The van der Waals surface area contributed by atoms with Crippen LogP contribution in [0.15, 0.2) is 96.0 Å². The number of hydrogen-bond donors (Lipinski definition) is 1. The Morgan fingerprint density at radius 2 is 1.61 bits per heavy atom. The summed E-state index contributed by atoms with van der Waals surface area (Å²) in [5, 5.41) is 4.90. The lowest BCUT2D eigenvalue weighted by molar-refractivity contribution is -0.109. The molecule has 154 valence electrons. The van der Waals surface area contributed by atoms with Crippen LogP contribution < -0.4 is 5.32 Å². The highest BCUT2D eigenvalue weighted by atomic mass is 32.2. The molecule has 4 rings (SSSR count). The van der Waals surface area contributed by atoms with Crippen LogP contribution in [0, 0.1) is 0 Å². The number of rotatable bonds is 8. The summed E-state index contributed by atoms with van der Waals surface area (Å²) in [6.45, 7) is 0. The van der Waals surface area contributed by atoms with Gasteiger partial charge in [0.2, 0.25) is 0 Å². The topological polar surface area (TPSA) is 59.1 Å². The standard InChI is InChI=1S/C26H22N2O2S/c29-17-23(16-19-6-2-1-3-7-19)27-26(30)22-12-10-20(11-13-22)18-31-25-15-14-21-8-4-5-9-24(21)28-25/h1-15,17,23H,16,18H2,(H,27,30). The van der Waals surface area contributed by atoms with Crippen LogP contribution in [0.25, 0.3) is 10.9 Å². The number of para-hydroxylation sites is 1. The number of thioether (sulfide) groups is 1. The van der Waals surface area contributed by atoms with Crippen LogP contribution in [0.3, 0.4) is 0 Å². The number of benzene rings is 3. The van der Waals surface area contributed by atoms with Crippen molar-refractivity contribution in [3.05, 3.63) is 108 Å². The number of pyridine rings is 1. The maximum Gasteiger partial charge on any atom is 0.251 e. The minimum Gasteiger partial charge on any atom is -0.342 e. The van der Waals surface area contributed by atoms with Crippen molar-refractivity contribution < 1.29 is 9.59 Å². The molecular formula is C26H22N2O2S. The fourth-order valence-electron chi connectivity index (χ4n) is 3.29. The van der Waals surface area contributed by atoms with Crippen LogP contribution in [-0.2, 0) is 17.0 Å². The maximum atomic E-state index is 12.5. The Hall–Kier alpha value is -3.44. The van der Waals surface area contributed by atoms with E-state index in [-0.39, 0.29) is 5.91 Å². The maximum absolute atomic E-state index is 12.5. The van der Waals surface area contributed by atoms with Crippen molar-refractivity contribution in [2.75, 3.05) is 0 Å². The zero-order chi connectivity index (χ0) is 21.5. The number of aldehydes is 1. The molecule has 0 aliphatic rings. The Morgan fingerprint density at radius 3 is 2.39 bits per heavy atom. The van der Waals surface area contributed by atoms with Crippen LogP contribution >= 0.6 is 11.8 Å². The van der Waals surface area contributed by atoms with Gasteiger partial charge in [0.1, 0.15) is 6.29 Å². The first kappa shape index (κ1) is 20.8. The van der Waals surface area contributed by atoms with E-state index in [0.29, 0.717) is 12.0 Å². The van der Waals surface area contributed by atoms with E-state index in [2.05, 4.69) is 22.4 Å². The summed E-state index contributed by atoms with van der Waals surface area (Å²) in [4.78, 5) is 28.6. The van der Waals surface area contributed by atoms with E-state index in [9.17, 15) is 9.59 Å². The van der Waals surface area contributed by atoms with Gasteiger partial charge >= 0.3 is 0 Å². The molecule has 1 N–H and O–H groups in total. The quantitative estimate of drug-likeness (QED) is 0.316. The van der Waals surface area contributed by atoms with Gasteiger partial charge in [0.15, 0.2) is 0 Å². The number of aromatic nitrogens is 1. The SMILES string of the molecule is O=CC(Cc1ccccc1)NC(=O)c1ccc(CSc2ccc3ccccc3n2)cc1. The number of nitrogens with one attached hydrogen (secondary N) is 1. The van der Waals surface area contributed by atoms with E-state index >= 15 is 0 Å². The third-order valence-electron chi connectivity index (χ3n) is 4.95. The molecule has 0 radical (unpaired) electrons. The van der Waals surface area contributed by atoms with Crippen molar-refractivity contribution in [3.8, 4) is 0 Å². The van der Waals surface area contributed by atoms with Gasteiger partial charge in [-0.2, -0.15) is 0 Å². The van der Waals surface area contributed by atoms with Crippen LogP contribution in [0.5, 0.6) is 0 Å². The fraction of sp³-hybridized carbons (Fsp3) is 0.115. The van der Waals surface area contributed by atoms with Crippen LogP contribution in [0.1, 0.15) is 21.5 Å². The molecule has 31 heavy (non-hydrogen) atoms. The predicted octanol–water partition coefficient (Wildman–Crippen LogP) is 5.07. The summed E-state index contributed by atoms with van der Waals surface area (Å²) in [6.07, 6.45) is 1.26. The molecule has 5 heteroatoms. The summed E-state index contributed by atoms with van der Waals surface area (Å²) < 4.78 is 0. The zero-order valence-electron chi connectivity index (χ0n) is 16.9. The first-order valence-corrected chi connectivity index (χ1v) is 11.1. The van der Waals surface area contributed by atoms with E-state index in [4.69, 9.17) is 0 Å². The fourth-order valence-corrected chi connectivity index (χ4v) is 4.12. The molecule has 1 atom stereocenters. The molecule has 0 fully saturated rings. The highest BCUT2D eigenvalue weighted by Crippen LogP contribution is 2.23. The van der Waals surface area contributed by atoms with Crippen molar-refractivity contribution in [2.45, 2.75) is 23.2 Å². The van der Waals surface area contributed by atoms with Crippen LogP contribution in [0.4, 0.5) is 0 Å². The molecule has 0 saturated heterocycles. The normalized spacial score (nSPS) is 11.7. The highest BCUT2D eigenvalue weighted by Gasteiger charge is 2.13. The van der Waals surface area contributed by atoms with E-state index in [1.165, 1.54) is 0 Å². The first-order valence-electron chi connectivity index (χ1n) is 10.1. The lowest BCUT2D eigenvalue weighted by Gasteiger charge is -2.13. The minimum absolute atomic E-state index is 0.247. The number of carbonyl (C=O) groups is 2. The molecule has 1 amide bonds. The average Bonchev–Trinajstić information content (AvgIpc) is 2.83. The lowest BCUT2D eigenvalue weighted by atomic mass is 10.1. The van der Waals surface area contributed by atoms with Gasteiger partial charge in [0, 0.05) is 16.7 Å². The summed E-state index contributed by atoms with van der Waals surface area (Å²) in [5.74, 6) is 0.515. The molecule has 4 aromatic rings. The average molecular weight is 427 g/mol. The second-order valence-electron chi connectivity index (χ2n) is 7.23. The van der Waals surface area contributed by atoms with Crippen molar-refractivity contribution in [2.24, 2.45) is 0 Å². The van der Waals surface area contributed by atoms with Gasteiger partial charge in [-0.1, -0.05) is 66.7 Å². The Balaban J connectivity index is 1.34. The van der Waals surface area contributed by atoms with Gasteiger partial charge in [-0.25, -0.2) is 4.98 Å². The third kappa shape index (κ3) is 5.58. The van der Waals surface area contributed by atoms with Gasteiger partial charge in [0.25, 0.3) is 5.91 Å². The second kappa shape index (κ2) is 10.0. The predicted molar refractivity (Wildman–Crippen MR) is 125 cm³/mol. The van der Waals surface area contributed by atoms with Gasteiger partial charge in [-0.3, -0.25) is 4.79 Å². The molecule has 4 nitrogen and oxygen atoms in total. The number of nitrogens with zero attached hydrogens (tertiary/aromatic N) is 1. The van der Waals surface area contributed by atoms with Crippen LogP contribution in [0.2, 0.25) is 0 Å². The van der Waals surface area contributed by atoms with Crippen molar-refractivity contribution in [3.63, 3.8) is 0 Å².